The number of aromatic nitrogens is 1. The summed E-state index contributed by atoms with van der Waals surface area (Å²) in [4.78, 5) is 27.2. The van der Waals surface area contributed by atoms with Gasteiger partial charge in [-0.1, -0.05) is 42.5 Å². The topological polar surface area (TPSA) is 118 Å². The van der Waals surface area contributed by atoms with E-state index in [9.17, 15) is 14.7 Å². The highest BCUT2D eigenvalue weighted by Crippen LogP contribution is 2.39. The summed E-state index contributed by atoms with van der Waals surface area (Å²) < 4.78 is 12.7. The molecule has 0 saturated carbocycles. The molecule has 0 radical (unpaired) electrons. The van der Waals surface area contributed by atoms with Crippen LogP contribution in [0.5, 0.6) is 0 Å². The Labute approximate surface area is 213 Å². The maximum absolute atomic E-state index is 12.1. The molecule has 36 heavy (non-hydrogen) atoms. The second kappa shape index (κ2) is 12.6. The zero-order chi connectivity index (χ0) is 25.3. The fourth-order valence-corrected chi connectivity index (χ4v) is 4.72. The van der Waals surface area contributed by atoms with Crippen molar-refractivity contribution in [2.45, 2.75) is 49.4 Å². The highest BCUT2D eigenvalue weighted by molar-refractivity contribution is 7.99. The molecule has 2 aromatic carbocycles. The number of carbonyl (C=O) groups is 2. The smallest absolute Gasteiger partial charge is 0.303 e. The Balaban J connectivity index is 1.50. The van der Waals surface area contributed by atoms with Crippen LogP contribution in [0.4, 0.5) is 5.69 Å². The second-order valence-corrected chi connectivity index (χ2v) is 9.44. The van der Waals surface area contributed by atoms with Crippen LogP contribution in [0.3, 0.4) is 0 Å². The third-order valence-electron chi connectivity index (χ3n) is 5.68. The molecule has 3 unspecified atom stereocenters. The zero-order valence-corrected chi connectivity index (χ0v) is 20.4. The maximum Gasteiger partial charge on any atom is 0.303 e. The van der Waals surface area contributed by atoms with Gasteiger partial charge < -0.3 is 25.0 Å². The molecule has 1 aliphatic heterocycles. The minimum atomic E-state index is -1.02. The first kappa shape index (κ1) is 25.8. The van der Waals surface area contributed by atoms with Crippen LogP contribution >= 0.6 is 11.8 Å². The first-order valence-corrected chi connectivity index (χ1v) is 12.6. The van der Waals surface area contributed by atoms with Crippen molar-refractivity contribution in [2.75, 3.05) is 11.1 Å². The Hall–Kier alpha value is -3.24. The van der Waals surface area contributed by atoms with E-state index in [1.165, 1.54) is 0 Å². The Morgan fingerprint density at radius 3 is 2.56 bits per heavy atom. The van der Waals surface area contributed by atoms with E-state index in [2.05, 4.69) is 10.3 Å². The van der Waals surface area contributed by atoms with Crippen molar-refractivity contribution in [3.05, 3.63) is 89.6 Å². The fraction of sp³-hybridized carbons (Fsp3) is 0.296. The molecule has 9 heteroatoms. The number of carbonyl (C=O) groups excluding carboxylic acids is 1. The third kappa shape index (κ3) is 7.38. The SMILES string of the molecule is O=C(O)CCC(=O)Nc1cccc(C2OC(CSc3ccccn3)CC(c3ccc(CO)cc3)O2)c1. The van der Waals surface area contributed by atoms with Crippen molar-refractivity contribution in [1.82, 2.24) is 4.98 Å². The van der Waals surface area contributed by atoms with E-state index >= 15 is 0 Å². The first-order valence-electron chi connectivity index (χ1n) is 11.7. The molecule has 4 rings (SSSR count). The maximum atomic E-state index is 12.1. The number of ether oxygens (including phenoxy) is 2. The lowest BCUT2D eigenvalue weighted by Crippen LogP contribution is -2.31. The summed E-state index contributed by atoms with van der Waals surface area (Å²) in [5, 5.41) is 21.8. The summed E-state index contributed by atoms with van der Waals surface area (Å²) in [6.07, 6.45) is 1.08. The average Bonchev–Trinajstić information content (AvgIpc) is 2.91. The predicted molar refractivity (Wildman–Crippen MR) is 135 cm³/mol. The summed E-state index contributed by atoms with van der Waals surface area (Å²) in [6, 6.07) is 20.7. The molecule has 0 spiro atoms. The molecule has 1 fully saturated rings. The van der Waals surface area contributed by atoms with Crippen LogP contribution in [0, 0.1) is 0 Å². The molecule has 2 heterocycles. The number of carboxylic acid groups (broad SMARTS) is 1. The van der Waals surface area contributed by atoms with Gasteiger partial charge in [-0.25, -0.2) is 4.98 Å². The Morgan fingerprint density at radius 1 is 1.00 bits per heavy atom. The number of carboxylic acids is 1. The molecule has 3 aromatic rings. The lowest BCUT2D eigenvalue weighted by Gasteiger charge is -2.36. The Bertz CT molecular complexity index is 1160. The fourth-order valence-electron chi connectivity index (χ4n) is 3.84. The minimum Gasteiger partial charge on any atom is -0.481 e. The molecule has 1 aliphatic rings. The van der Waals surface area contributed by atoms with Crippen LogP contribution in [0.2, 0.25) is 0 Å². The van der Waals surface area contributed by atoms with Crippen LogP contribution in [0.15, 0.2) is 78.0 Å². The quantitative estimate of drug-likeness (QED) is 0.337. The molecule has 3 N–H and O–H groups in total. The summed E-state index contributed by atoms with van der Waals surface area (Å²) in [5.74, 6) is -0.699. The van der Waals surface area contributed by atoms with Crippen molar-refractivity contribution in [1.29, 1.82) is 0 Å². The summed E-state index contributed by atoms with van der Waals surface area (Å²) in [5.41, 5.74) is 3.11. The molecule has 1 aromatic heterocycles. The number of anilines is 1. The summed E-state index contributed by atoms with van der Waals surface area (Å²) >= 11 is 1.62. The van der Waals surface area contributed by atoms with Gasteiger partial charge in [0.1, 0.15) is 0 Å². The van der Waals surface area contributed by atoms with Crippen molar-refractivity contribution < 1.29 is 29.3 Å². The number of nitrogens with zero attached hydrogens (tertiary/aromatic N) is 1. The molecular weight excluding hydrogens is 480 g/mol. The number of nitrogens with one attached hydrogen (secondary N) is 1. The summed E-state index contributed by atoms with van der Waals surface area (Å²) in [6.45, 7) is -0.0220. The number of aliphatic hydroxyl groups is 1. The van der Waals surface area contributed by atoms with Crippen LogP contribution < -0.4 is 5.32 Å². The van der Waals surface area contributed by atoms with Crippen molar-refractivity contribution >= 4 is 29.3 Å². The average molecular weight is 509 g/mol. The van der Waals surface area contributed by atoms with Crippen molar-refractivity contribution in [3.8, 4) is 0 Å². The molecule has 8 nitrogen and oxygen atoms in total. The van der Waals surface area contributed by atoms with Crippen molar-refractivity contribution in [3.63, 3.8) is 0 Å². The number of benzene rings is 2. The van der Waals surface area contributed by atoms with Gasteiger partial charge in [-0.3, -0.25) is 9.59 Å². The predicted octanol–water partition coefficient (Wildman–Crippen LogP) is 4.71. The van der Waals surface area contributed by atoms with Crippen molar-refractivity contribution in [2.24, 2.45) is 0 Å². The van der Waals surface area contributed by atoms with E-state index in [4.69, 9.17) is 14.6 Å². The number of amides is 1. The number of rotatable bonds is 10. The molecule has 0 aliphatic carbocycles. The molecule has 188 valence electrons. The van der Waals surface area contributed by atoms with E-state index in [0.29, 0.717) is 17.9 Å². The highest BCUT2D eigenvalue weighted by atomic mass is 32.2. The zero-order valence-electron chi connectivity index (χ0n) is 19.6. The Kier molecular flexibility index (Phi) is 9.07. The van der Waals surface area contributed by atoms with Crippen LogP contribution in [-0.2, 0) is 25.7 Å². The standard InChI is InChI=1S/C27H28N2O6S/c30-16-18-7-9-19(10-8-18)23-15-22(17-36-25-6-1-2-13-28-25)34-27(35-23)20-4-3-5-21(14-20)29-24(31)11-12-26(32)33/h1-10,13-14,22-23,27,30H,11-12,15-17H2,(H,29,31)(H,32,33). The number of aliphatic carboxylic acids is 1. The van der Waals surface area contributed by atoms with Gasteiger partial charge in [0.2, 0.25) is 5.91 Å². The number of pyridine rings is 1. The Morgan fingerprint density at radius 2 is 1.83 bits per heavy atom. The van der Waals surface area contributed by atoms with Crippen LogP contribution in [0.25, 0.3) is 0 Å². The molecule has 0 bridgehead atoms. The number of thioether (sulfide) groups is 1. The minimum absolute atomic E-state index is 0.0220. The van der Waals surface area contributed by atoms with E-state index in [0.717, 1.165) is 21.7 Å². The monoisotopic (exact) mass is 508 g/mol. The van der Waals surface area contributed by atoms with Gasteiger partial charge in [0.25, 0.3) is 0 Å². The number of hydrogen-bond acceptors (Lipinski definition) is 7. The van der Waals surface area contributed by atoms with Gasteiger partial charge in [0, 0.05) is 36.0 Å². The van der Waals surface area contributed by atoms with Gasteiger partial charge >= 0.3 is 5.97 Å². The third-order valence-corrected chi connectivity index (χ3v) is 6.75. The number of hydrogen-bond donors (Lipinski definition) is 3. The van der Waals surface area contributed by atoms with Crippen LogP contribution in [0.1, 0.15) is 48.3 Å². The first-order chi connectivity index (χ1) is 17.5. The van der Waals surface area contributed by atoms with E-state index in [-0.39, 0.29) is 37.6 Å². The lowest BCUT2D eigenvalue weighted by molar-refractivity contribution is -0.245. The van der Waals surface area contributed by atoms with Gasteiger partial charge in [-0.2, -0.15) is 0 Å². The molecule has 1 saturated heterocycles. The van der Waals surface area contributed by atoms with Gasteiger partial charge in [0.15, 0.2) is 6.29 Å². The van der Waals surface area contributed by atoms with Gasteiger partial charge in [-0.15, -0.1) is 11.8 Å². The van der Waals surface area contributed by atoms with Crippen LogP contribution in [-0.4, -0.2) is 38.9 Å². The normalized spacial score (nSPS) is 19.5. The number of aliphatic hydroxyl groups excluding tert-OH is 1. The van der Waals surface area contributed by atoms with E-state index in [1.54, 1.807) is 36.2 Å². The summed E-state index contributed by atoms with van der Waals surface area (Å²) in [7, 11) is 0. The van der Waals surface area contributed by atoms with Gasteiger partial charge in [0.05, 0.1) is 30.3 Å². The molecule has 1 amide bonds. The molecular formula is C27H28N2O6S. The molecule has 3 atom stereocenters. The second-order valence-electron chi connectivity index (χ2n) is 8.40. The largest absolute Gasteiger partial charge is 0.481 e. The van der Waals surface area contributed by atoms with Gasteiger partial charge in [-0.05, 0) is 35.4 Å². The highest BCUT2D eigenvalue weighted by Gasteiger charge is 2.32. The lowest BCUT2D eigenvalue weighted by atomic mass is 10.0. The van der Waals surface area contributed by atoms with E-state index < -0.39 is 12.3 Å². The van der Waals surface area contributed by atoms with E-state index in [1.807, 2.05) is 48.5 Å².